The van der Waals surface area contributed by atoms with E-state index in [-0.39, 0.29) is 6.03 Å². The number of amides is 2. The van der Waals surface area contributed by atoms with E-state index in [0.717, 1.165) is 6.54 Å². The second-order valence-electron chi connectivity index (χ2n) is 5.27. The predicted octanol–water partition coefficient (Wildman–Crippen LogP) is 2.56. The van der Waals surface area contributed by atoms with Crippen LogP contribution in [0.3, 0.4) is 0 Å². The highest BCUT2D eigenvalue weighted by atomic mass is 16.2. The van der Waals surface area contributed by atoms with Crippen LogP contribution in [-0.2, 0) is 6.54 Å². The number of urea groups is 1. The minimum atomic E-state index is -0.174. The van der Waals surface area contributed by atoms with Gasteiger partial charge in [0.25, 0.3) is 0 Å². The molecule has 0 atom stereocenters. The molecule has 5 heteroatoms. The van der Waals surface area contributed by atoms with Crippen LogP contribution in [-0.4, -0.2) is 22.4 Å². The summed E-state index contributed by atoms with van der Waals surface area (Å²) in [5.74, 6) is 1.75. The van der Waals surface area contributed by atoms with Crippen LogP contribution in [0.4, 0.5) is 10.6 Å². The summed E-state index contributed by atoms with van der Waals surface area (Å²) >= 11 is 0. The van der Waals surface area contributed by atoms with E-state index in [0.29, 0.717) is 24.2 Å². The quantitative estimate of drug-likeness (QED) is 0.843. The van der Waals surface area contributed by atoms with E-state index >= 15 is 0 Å². The van der Waals surface area contributed by atoms with Crippen molar-refractivity contribution in [2.24, 2.45) is 5.92 Å². The summed E-state index contributed by atoms with van der Waals surface area (Å²) in [6.07, 6.45) is 2.48. The van der Waals surface area contributed by atoms with E-state index < -0.39 is 0 Å². The third-order valence-electron chi connectivity index (χ3n) is 3.02. The van der Waals surface area contributed by atoms with Gasteiger partial charge >= 0.3 is 6.03 Å². The molecule has 0 saturated heterocycles. The zero-order valence-electron chi connectivity index (χ0n) is 11.4. The molecule has 0 aromatic carbocycles. The predicted molar refractivity (Wildman–Crippen MR) is 71.7 cm³/mol. The van der Waals surface area contributed by atoms with E-state index in [4.69, 9.17) is 0 Å². The molecule has 2 amide bonds. The van der Waals surface area contributed by atoms with Crippen LogP contribution >= 0.6 is 0 Å². The number of hydrogen-bond donors (Lipinski definition) is 2. The number of nitrogens with zero attached hydrogens (tertiary/aromatic N) is 2. The molecule has 0 unspecified atom stereocenters. The van der Waals surface area contributed by atoms with Crippen molar-refractivity contribution in [3.63, 3.8) is 0 Å². The van der Waals surface area contributed by atoms with Gasteiger partial charge in [0.2, 0.25) is 0 Å². The van der Waals surface area contributed by atoms with E-state index in [9.17, 15) is 4.79 Å². The Hall–Kier alpha value is -1.52. The van der Waals surface area contributed by atoms with Crippen molar-refractivity contribution in [2.45, 2.75) is 46.1 Å². The third kappa shape index (κ3) is 3.24. The van der Waals surface area contributed by atoms with Crippen LogP contribution in [0.1, 0.15) is 45.2 Å². The maximum absolute atomic E-state index is 11.6. The minimum Gasteiger partial charge on any atom is -0.338 e. The average Bonchev–Trinajstić information content (AvgIpc) is 3.09. The Morgan fingerprint density at radius 3 is 2.83 bits per heavy atom. The first-order chi connectivity index (χ1) is 8.60. The van der Waals surface area contributed by atoms with Crippen molar-refractivity contribution < 1.29 is 4.79 Å². The summed E-state index contributed by atoms with van der Waals surface area (Å²) in [7, 11) is 0. The lowest BCUT2D eigenvalue weighted by atomic mass is 10.2. The van der Waals surface area contributed by atoms with Crippen LogP contribution in [0.25, 0.3) is 0 Å². The molecule has 1 saturated carbocycles. The lowest BCUT2D eigenvalue weighted by Gasteiger charge is -2.07. The molecule has 0 bridgehead atoms. The molecule has 1 aliphatic rings. The Labute approximate surface area is 108 Å². The molecular weight excluding hydrogens is 228 g/mol. The van der Waals surface area contributed by atoms with Crippen LogP contribution in [0.5, 0.6) is 0 Å². The van der Waals surface area contributed by atoms with E-state index in [1.807, 2.05) is 10.7 Å². The van der Waals surface area contributed by atoms with Crippen LogP contribution in [0.2, 0.25) is 0 Å². The molecule has 2 rings (SSSR count). The van der Waals surface area contributed by atoms with Gasteiger partial charge in [-0.25, -0.2) is 4.79 Å². The molecule has 0 spiro atoms. The van der Waals surface area contributed by atoms with Crippen LogP contribution in [0.15, 0.2) is 6.07 Å². The fraction of sp³-hybridized carbons (Fsp3) is 0.692. The molecule has 100 valence electrons. The highest BCUT2D eigenvalue weighted by Crippen LogP contribution is 2.40. The zero-order chi connectivity index (χ0) is 13.1. The average molecular weight is 250 g/mol. The molecule has 2 N–H and O–H groups in total. The summed E-state index contributed by atoms with van der Waals surface area (Å²) < 4.78 is 1.98. The highest BCUT2D eigenvalue weighted by molar-refractivity contribution is 5.88. The Balaban J connectivity index is 1.94. The van der Waals surface area contributed by atoms with Crippen LogP contribution < -0.4 is 10.6 Å². The topological polar surface area (TPSA) is 59.0 Å². The van der Waals surface area contributed by atoms with E-state index in [1.165, 1.54) is 18.5 Å². The Bertz CT molecular complexity index is 421. The number of rotatable bonds is 5. The Kier molecular flexibility index (Phi) is 3.89. The van der Waals surface area contributed by atoms with Gasteiger partial charge in [0.05, 0.1) is 0 Å². The first-order valence-corrected chi connectivity index (χ1v) is 6.72. The number of carbonyl (C=O) groups is 1. The smallest absolute Gasteiger partial charge is 0.320 e. The maximum atomic E-state index is 11.6. The molecule has 5 nitrogen and oxygen atoms in total. The molecule has 0 aliphatic heterocycles. The number of hydrogen-bond acceptors (Lipinski definition) is 2. The second-order valence-corrected chi connectivity index (χ2v) is 5.27. The zero-order valence-corrected chi connectivity index (χ0v) is 11.4. The molecular formula is C13H22N4O. The van der Waals surface area contributed by atoms with Crippen molar-refractivity contribution in [3.8, 4) is 0 Å². The van der Waals surface area contributed by atoms with Crippen molar-refractivity contribution in [2.75, 3.05) is 11.9 Å². The van der Waals surface area contributed by atoms with Gasteiger partial charge in [0, 0.05) is 30.8 Å². The minimum absolute atomic E-state index is 0.174. The molecule has 1 aliphatic carbocycles. The lowest BCUT2D eigenvalue weighted by molar-refractivity contribution is 0.251. The van der Waals surface area contributed by atoms with Crippen molar-refractivity contribution in [3.05, 3.63) is 11.8 Å². The fourth-order valence-corrected chi connectivity index (χ4v) is 1.91. The van der Waals surface area contributed by atoms with Gasteiger partial charge in [-0.1, -0.05) is 13.8 Å². The van der Waals surface area contributed by atoms with Crippen molar-refractivity contribution in [1.29, 1.82) is 0 Å². The van der Waals surface area contributed by atoms with Crippen molar-refractivity contribution >= 4 is 11.8 Å². The summed E-state index contributed by atoms with van der Waals surface area (Å²) in [5.41, 5.74) is 1.25. The Morgan fingerprint density at radius 2 is 2.28 bits per heavy atom. The van der Waals surface area contributed by atoms with Gasteiger partial charge in [-0.2, -0.15) is 5.10 Å². The molecule has 18 heavy (non-hydrogen) atoms. The summed E-state index contributed by atoms with van der Waals surface area (Å²) in [6, 6.07) is 1.82. The number of carbonyl (C=O) groups excluding carboxylic acids is 1. The summed E-state index contributed by atoms with van der Waals surface area (Å²) in [4.78, 5) is 11.6. The SMILES string of the molecule is CCn1nc(NC(=O)NCC(C)C)cc1C1CC1. The van der Waals surface area contributed by atoms with E-state index in [1.54, 1.807) is 0 Å². The van der Waals surface area contributed by atoms with Gasteiger partial charge in [-0.15, -0.1) is 0 Å². The largest absolute Gasteiger partial charge is 0.338 e. The molecule has 1 fully saturated rings. The van der Waals surface area contributed by atoms with E-state index in [2.05, 4.69) is 36.5 Å². The molecule has 1 aromatic heterocycles. The van der Waals surface area contributed by atoms with Gasteiger partial charge in [0.15, 0.2) is 5.82 Å². The van der Waals surface area contributed by atoms with Crippen LogP contribution in [0, 0.1) is 5.92 Å². The number of nitrogens with one attached hydrogen (secondary N) is 2. The Morgan fingerprint density at radius 1 is 1.56 bits per heavy atom. The lowest BCUT2D eigenvalue weighted by Crippen LogP contribution is -2.31. The highest BCUT2D eigenvalue weighted by Gasteiger charge is 2.27. The summed E-state index contributed by atoms with van der Waals surface area (Å²) in [6.45, 7) is 7.73. The maximum Gasteiger partial charge on any atom is 0.320 e. The van der Waals surface area contributed by atoms with Gasteiger partial charge in [0.1, 0.15) is 0 Å². The molecule has 0 radical (unpaired) electrons. The third-order valence-corrected chi connectivity index (χ3v) is 3.02. The van der Waals surface area contributed by atoms with Gasteiger partial charge < -0.3 is 5.32 Å². The first kappa shape index (κ1) is 12.9. The van der Waals surface area contributed by atoms with Gasteiger partial charge in [-0.05, 0) is 25.7 Å². The normalized spacial score (nSPS) is 14.9. The monoisotopic (exact) mass is 250 g/mol. The van der Waals surface area contributed by atoms with Crippen molar-refractivity contribution in [1.82, 2.24) is 15.1 Å². The number of aromatic nitrogens is 2. The standard InChI is InChI=1S/C13H22N4O/c1-4-17-11(10-5-6-10)7-12(16-17)15-13(18)14-8-9(2)3/h7,9-10H,4-6,8H2,1-3H3,(H2,14,15,16,18). The molecule has 1 aromatic rings. The number of aryl methyl sites for hydroxylation is 1. The first-order valence-electron chi connectivity index (χ1n) is 6.72. The molecule has 1 heterocycles. The fourth-order valence-electron chi connectivity index (χ4n) is 1.91. The second kappa shape index (κ2) is 5.42. The summed E-state index contributed by atoms with van der Waals surface area (Å²) in [5, 5.41) is 10.0. The number of anilines is 1. The van der Waals surface area contributed by atoms with Gasteiger partial charge in [-0.3, -0.25) is 10.00 Å².